The van der Waals surface area contributed by atoms with Crippen molar-refractivity contribution in [3.05, 3.63) is 23.8 Å². The zero-order valence-corrected chi connectivity index (χ0v) is 13.0. The second kappa shape index (κ2) is 6.13. The predicted molar refractivity (Wildman–Crippen MR) is 81.4 cm³/mol. The largest absolute Gasteiger partial charge is 0.330 e. The number of sulfonamides is 1. The predicted octanol–water partition coefficient (Wildman–Crippen LogP) is 0.969. The Morgan fingerprint density at radius 1 is 1.43 bits per heavy atom. The van der Waals surface area contributed by atoms with Gasteiger partial charge in [-0.1, -0.05) is 13.0 Å². The highest BCUT2D eigenvalue weighted by atomic mass is 32.2. The Bertz CT molecular complexity index is 639. The monoisotopic (exact) mass is 311 g/mol. The Morgan fingerprint density at radius 3 is 2.67 bits per heavy atom. The van der Waals surface area contributed by atoms with Crippen molar-refractivity contribution in [2.75, 3.05) is 11.9 Å². The van der Waals surface area contributed by atoms with Gasteiger partial charge in [0.2, 0.25) is 15.9 Å². The number of rotatable bonds is 6. The van der Waals surface area contributed by atoms with E-state index in [2.05, 4.69) is 10.0 Å². The van der Waals surface area contributed by atoms with Crippen LogP contribution in [0, 0.1) is 12.8 Å². The molecule has 0 bridgehead atoms. The molecule has 1 atom stereocenters. The Labute approximate surface area is 125 Å². The number of nitrogens with two attached hydrogens (primary N) is 1. The van der Waals surface area contributed by atoms with Crippen LogP contribution in [-0.2, 0) is 14.8 Å². The summed E-state index contributed by atoms with van der Waals surface area (Å²) in [6.07, 6.45) is 1.76. The summed E-state index contributed by atoms with van der Waals surface area (Å²) in [4.78, 5) is 12.0. The van der Waals surface area contributed by atoms with E-state index in [9.17, 15) is 13.2 Å². The summed E-state index contributed by atoms with van der Waals surface area (Å²) in [5.41, 5.74) is 6.55. The van der Waals surface area contributed by atoms with Crippen LogP contribution < -0.4 is 15.8 Å². The molecule has 0 aromatic heterocycles. The van der Waals surface area contributed by atoms with Crippen LogP contribution in [0.5, 0.6) is 0 Å². The molecule has 21 heavy (non-hydrogen) atoms. The standard InChI is InChI=1S/C14H21N3O3S/c1-9-3-4-12(16-14(18)10(2)8-15)7-13(9)21(19,20)17-11-5-6-11/h3-4,7,10-11,17H,5-6,8,15H2,1-2H3,(H,16,18). The molecule has 0 spiro atoms. The third-order valence-corrected chi connectivity index (χ3v) is 5.11. The summed E-state index contributed by atoms with van der Waals surface area (Å²) in [7, 11) is -3.54. The van der Waals surface area contributed by atoms with Gasteiger partial charge in [0.05, 0.1) is 4.90 Å². The first-order chi connectivity index (χ1) is 9.83. The number of aryl methyl sites for hydroxylation is 1. The molecule has 0 heterocycles. The van der Waals surface area contributed by atoms with Crippen LogP contribution in [-0.4, -0.2) is 26.9 Å². The third-order valence-electron chi connectivity index (χ3n) is 3.45. The first-order valence-corrected chi connectivity index (χ1v) is 8.45. The summed E-state index contributed by atoms with van der Waals surface area (Å²) in [5.74, 6) is -0.546. The van der Waals surface area contributed by atoms with E-state index in [0.29, 0.717) is 11.3 Å². The van der Waals surface area contributed by atoms with Crippen molar-refractivity contribution in [2.24, 2.45) is 11.7 Å². The Balaban J connectivity index is 2.22. The molecule has 4 N–H and O–H groups in total. The quantitative estimate of drug-likeness (QED) is 0.728. The molecule has 7 heteroatoms. The van der Waals surface area contributed by atoms with Gasteiger partial charge in [-0.25, -0.2) is 13.1 Å². The van der Waals surface area contributed by atoms with Crippen molar-refractivity contribution < 1.29 is 13.2 Å². The minimum Gasteiger partial charge on any atom is -0.330 e. The number of nitrogens with one attached hydrogen (secondary N) is 2. The summed E-state index contributed by atoms with van der Waals surface area (Å²) < 4.78 is 27.2. The van der Waals surface area contributed by atoms with Crippen molar-refractivity contribution in [3.8, 4) is 0 Å². The van der Waals surface area contributed by atoms with E-state index in [1.807, 2.05) is 0 Å². The highest BCUT2D eigenvalue weighted by molar-refractivity contribution is 7.89. The van der Waals surface area contributed by atoms with Crippen LogP contribution in [0.3, 0.4) is 0 Å². The molecule has 1 aliphatic carbocycles. The maximum atomic E-state index is 12.3. The summed E-state index contributed by atoms with van der Waals surface area (Å²) in [6.45, 7) is 3.69. The number of benzene rings is 1. The molecule has 1 aromatic rings. The average Bonchev–Trinajstić information content (AvgIpc) is 3.22. The van der Waals surface area contributed by atoms with Crippen LogP contribution in [0.2, 0.25) is 0 Å². The van der Waals surface area contributed by atoms with Gasteiger partial charge in [0.1, 0.15) is 0 Å². The van der Waals surface area contributed by atoms with Gasteiger partial charge in [-0.3, -0.25) is 4.79 Å². The van der Waals surface area contributed by atoms with Gasteiger partial charge in [0.25, 0.3) is 0 Å². The van der Waals surface area contributed by atoms with Crippen LogP contribution in [0.15, 0.2) is 23.1 Å². The van der Waals surface area contributed by atoms with Gasteiger partial charge in [0.15, 0.2) is 0 Å². The van der Waals surface area contributed by atoms with Crippen molar-refractivity contribution >= 4 is 21.6 Å². The number of amides is 1. The molecule has 2 rings (SSSR count). The summed E-state index contributed by atoms with van der Waals surface area (Å²) >= 11 is 0. The summed E-state index contributed by atoms with van der Waals surface area (Å²) in [6, 6.07) is 4.91. The number of carbonyl (C=O) groups is 1. The molecule has 1 unspecified atom stereocenters. The Kier molecular flexibility index (Phi) is 4.65. The third kappa shape index (κ3) is 4.03. The maximum absolute atomic E-state index is 12.3. The highest BCUT2D eigenvalue weighted by Gasteiger charge is 2.29. The lowest BCUT2D eigenvalue weighted by molar-refractivity contribution is -0.119. The van der Waals surface area contributed by atoms with Gasteiger partial charge >= 0.3 is 0 Å². The second-order valence-corrected chi connectivity index (χ2v) is 7.18. The van der Waals surface area contributed by atoms with E-state index in [4.69, 9.17) is 5.73 Å². The lowest BCUT2D eigenvalue weighted by atomic mass is 10.1. The second-order valence-electron chi connectivity index (χ2n) is 5.50. The van der Waals surface area contributed by atoms with Crippen molar-refractivity contribution in [1.82, 2.24) is 4.72 Å². The lowest BCUT2D eigenvalue weighted by Crippen LogP contribution is -2.28. The maximum Gasteiger partial charge on any atom is 0.241 e. The van der Waals surface area contributed by atoms with Crippen LogP contribution >= 0.6 is 0 Å². The molecule has 0 radical (unpaired) electrons. The van der Waals surface area contributed by atoms with E-state index in [1.165, 1.54) is 6.07 Å². The Morgan fingerprint density at radius 2 is 2.10 bits per heavy atom. The summed E-state index contributed by atoms with van der Waals surface area (Å²) in [5, 5.41) is 2.69. The molecule has 0 aliphatic heterocycles. The molecule has 1 saturated carbocycles. The molecule has 1 aromatic carbocycles. The molecular weight excluding hydrogens is 290 g/mol. The first-order valence-electron chi connectivity index (χ1n) is 6.97. The fourth-order valence-electron chi connectivity index (χ4n) is 1.82. The van der Waals surface area contributed by atoms with E-state index in [1.54, 1.807) is 26.0 Å². The van der Waals surface area contributed by atoms with Gasteiger partial charge in [-0.05, 0) is 37.5 Å². The Hall–Kier alpha value is -1.44. The SMILES string of the molecule is Cc1ccc(NC(=O)C(C)CN)cc1S(=O)(=O)NC1CC1. The molecule has 1 fully saturated rings. The van der Waals surface area contributed by atoms with Gasteiger partial charge in [0, 0.05) is 24.2 Å². The van der Waals surface area contributed by atoms with Crippen molar-refractivity contribution in [2.45, 2.75) is 37.6 Å². The minimum atomic E-state index is -3.54. The van der Waals surface area contributed by atoms with E-state index in [-0.39, 0.29) is 29.3 Å². The van der Waals surface area contributed by atoms with Crippen molar-refractivity contribution in [1.29, 1.82) is 0 Å². The zero-order valence-electron chi connectivity index (χ0n) is 12.2. The van der Waals surface area contributed by atoms with Crippen molar-refractivity contribution in [3.63, 3.8) is 0 Å². The molecule has 1 amide bonds. The van der Waals surface area contributed by atoms with E-state index < -0.39 is 10.0 Å². The zero-order chi connectivity index (χ0) is 15.6. The number of hydrogen-bond donors (Lipinski definition) is 3. The first kappa shape index (κ1) is 15.9. The van der Waals surface area contributed by atoms with Crippen LogP contribution in [0.4, 0.5) is 5.69 Å². The molecule has 1 aliphatic rings. The van der Waals surface area contributed by atoms with Crippen LogP contribution in [0.1, 0.15) is 25.3 Å². The normalized spacial score (nSPS) is 16.5. The van der Waals surface area contributed by atoms with Crippen LogP contribution in [0.25, 0.3) is 0 Å². The molecule has 6 nitrogen and oxygen atoms in total. The molecule has 0 saturated heterocycles. The smallest absolute Gasteiger partial charge is 0.241 e. The highest BCUT2D eigenvalue weighted by Crippen LogP contribution is 2.25. The van der Waals surface area contributed by atoms with Gasteiger partial charge in [-0.2, -0.15) is 0 Å². The fourth-order valence-corrected chi connectivity index (χ4v) is 3.40. The van der Waals surface area contributed by atoms with Gasteiger partial charge in [-0.15, -0.1) is 0 Å². The minimum absolute atomic E-state index is 0.0462. The fraction of sp³-hybridized carbons (Fsp3) is 0.500. The van der Waals surface area contributed by atoms with Gasteiger partial charge < -0.3 is 11.1 Å². The number of carbonyl (C=O) groups excluding carboxylic acids is 1. The topological polar surface area (TPSA) is 101 Å². The molecular formula is C14H21N3O3S. The van der Waals surface area contributed by atoms with E-state index >= 15 is 0 Å². The average molecular weight is 311 g/mol. The number of hydrogen-bond acceptors (Lipinski definition) is 4. The molecule has 116 valence electrons. The lowest BCUT2D eigenvalue weighted by Gasteiger charge is -2.13. The van der Waals surface area contributed by atoms with E-state index in [0.717, 1.165) is 12.8 Å². The number of anilines is 1.